The Kier molecular flexibility index (Phi) is 8.98. The molecule has 8 nitrogen and oxygen atoms in total. The summed E-state index contributed by atoms with van der Waals surface area (Å²) in [5.41, 5.74) is 12.1. The van der Waals surface area contributed by atoms with Gasteiger partial charge in [-0.05, 0) is 67.3 Å². The van der Waals surface area contributed by atoms with E-state index in [1.807, 2.05) is 30.3 Å². The SMILES string of the molecule is CC(C)N1CCN(c2nc3c(Cc4ccc(C5CCCCC5C(=O)NC(C(N)=O)c5ccccc5)cc4)cccc3[nH]2)CC1. The summed E-state index contributed by atoms with van der Waals surface area (Å²) in [6.07, 6.45) is 4.63. The molecule has 2 amide bonds. The first-order valence-electron chi connectivity index (χ1n) is 16.1. The number of benzene rings is 3. The first kappa shape index (κ1) is 29.9. The summed E-state index contributed by atoms with van der Waals surface area (Å²) in [5, 5.41) is 2.97. The summed E-state index contributed by atoms with van der Waals surface area (Å²) in [6, 6.07) is 24.1. The summed E-state index contributed by atoms with van der Waals surface area (Å²) in [6.45, 7) is 8.57. The van der Waals surface area contributed by atoms with Crippen molar-refractivity contribution < 1.29 is 9.59 Å². The van der Waals surface area contributed by atoms with Gasteiger partial charge in [-0.2, -0.15) is 0 Å². The van der Waals surface area contributed by atoms with Crippen LogP contribution in [0.3, 0.4) is 0 Å². The van der Waals surface area contributed by atoms with E-state index >= 15 is 0 Å². The minimum absolute atomic E-state index is 0.0990. The number of primary amides is 1. The Morgan fingerprint density at radius 1 is 0.932 bits per heavy atom. The first-order valence-corrected chi connectivity index (χ1v) is 16.1. The van der Waals surface area contributed by atoms with E-state index in [0.29, 0.717) is 11.6 Å². The molecule has 0 bridgehead atoms. The van der Waals surface area contributed by atoms with Crippen LogP contribution in [0, 0.1) is 5.92 Å². The van der Waals surface area contributed by atoms with Crippen LogP contribution < -0.4 is 16.0 Å². The molecule has 1 saturated heterocycles. The number of anilines is 1. The average Bonchev–Trinajstić information content (AvgIpc) is 3.50. The van der Waals surface area contributed by atoms with E-state index in [9.17, 15) is 9.59 Å². The minimum atomic E-state index is -0.830. The third kappa shape index (κ3) is 6.50. The highest BCUT2D eigenvalue weighted by Crippen LogP contribution is 2.38. The lowest BCUT2D eigenvalue weighted by molar-refractivity contribution is -0.131. The van der Waals surface area contributed by atoms with Gasteiger partial charge in [0.15, 0.2) is 0 Å². The third-order valence-electron chi connectivity index (χ3n) is 9.54. The maximum absolute atomic E-state index is 13.5. The van der Waals surface area contributed by atoms with Crippen molar-refractivity contribution in [1.29, 1.82) is 0 Å². The standard InChI is InChI=1S/C36H44N6O2/c1-24(2)41-19-21-42(22-20-41)36-38-31-14-8-11-28(32(31)40-36)23-25-15-17-26(18-16-25)29-12-6-7-13-30(29)35(44)39-33(34(37)43)27-9-4-3-5-10-27/h3-5,8-11,14-18,24,29-30,33H,6-7,12-13,19-23H2,1-2H3,(H2,37,43)(H,38,40)(H,39,44). The zero-order chi connectivity index (χ0) is 30.6. The maximum atomic E-state index is 13.5. The van der Waals surface area contributed by atoms with E-state index in [4.69, 9.17) is 10.7 Å². The lowest BCUT2D eigenvalue weighted by Crippen LogP contribution is -2.49. The molecule has 8 heteroatoms. The zero-order valence-corrected chi connectivity index (χ0v) is 25.8. The predicted molar refractivity (Wildman–Crippen MR) is 175 cm³/mol. The topological polar surface area (TPSA) is 107 Å². The second-order valence-electron chi connectivity index (χ2n) is 12.7. The molecule has 1 aromatic heterocycles. The number of fused-ring (bicyclic) bond motifs is 1. The van der Waals surface area contributed by atoms with Crippen molar-refractivity contribution in [2.45, 2.75) is 64.0 Å². The summed E-state index contributed by atoms with van der Waals surface area (Å²) in [4.78, 5) is 39.3. The Morgan fingerprint density at radius 3 is 2.36 bits per heavy atom. The molecule has 6 rings (SSSR count). The van der Waals surface area contributed by atoms with Crippen LogP contribution in [-0.4, -0.2) is 58.9 Å². The number of rotatable bonds is 9. The number of piperazine rings is 1. The fourth-order valence-electron chi connectivity index (χ4n) is 6.98. The fraction of sp³-hybridized carbons (Fsp3) is 0.417. The number of imidazole rings is 1. The summed E-state index contributed by atoms with van der Waals surface area (Å²) in [7, 11) is 0. The van der Waals surface area contributed by atoms with Crippen LogP contribution in [0.1, 0.15) is 73.7 Å². The van der Waals surface area contributed by atoms with Gasteiger partial charge in [-0.15, -0.1) is 0 Å². The van der Waals surface area contributed by atoms with Crippen LogP contribution in [0.25, 0.3) is 11.0 Å². The molecule has 3 unspecified atom stereocenters. The first-order chi connectivity index (χ1) is 21.4. The van der Waals surface area contributed by atoms with E-state index in [-0.39, 0.29) is 17.7 Å². The van der Waals surface area contributed by atoms with E-state index in [1.165, 1.54) is 16.7 Å². The number of aromatic amines is 1. The molecule has 0 spiro atoms. The number of nitrogens with one attached hydrogen (secondary N) is 2. The van der Waals surface area contributed by atoms with Crippen LogP contribution in [0.4, 0.5) is 5.95 Å². The van der Waals surface area contributed by atoms with Gasteiger partial charge in [0.2, 0.25) is 17.8 Å². The van der Waals surface area contributed by atoms with Crippen molar-refractivity contribution in [2.24, 2.45) is 11.7 Å². The molecule has 4 N–H and O–H groups in total. The van der Waals surface area contributed by atoms with Gasteiger partial charge in [0.25, 0.3) is 0 Å². The van der Waals surface area contributed by atoms with Gasteiger partial charge in [-0.25, -0.2) is 4.98 Å². The molecule has 230 valence electrons. The number of amides is 2. The van der Waals surface area contributed by atoms with Gasteiger partial charge < -0.3 is 20.9 Å². The molecule has 2 fully saturated rings. The second-order valence-corrected chi connectivity index (χ2v) is 12.7. The zero-order valence-electron chi connectivity index (χ0n) is 25.8. The second kappa shape index (κ2) is 13.2. The number of para-hydroxylation sites is 1. The molecule has 2 heterocycles. The monoisotopic (exact) mass is 592 g/mol. The maximum Gasteiger partial charge on any atom is 0.244 e. The predicted octanol–water partition coefficient (Wildman–Crippen LogP) is 5.30. The van der Waals surface area contributed by atoms with Crippen molar-refractivity contribution >= 4 is 28.8 Å². The van der Waals surface area contributed by atoms with E-state index in [2.05, 4.69) is 76.4 Å². The van der Waals surface area contributed by atoms with Gasteiger partial charge in [0.1, 0.15) is 6.04 Å². The van der Waals surface area contributed by atoms with E-state index in [1.54, 1.807) is 0 Å². The highest BCUT2D eigenvalue weighted by molar-refractivity contribution is 5.89. The van der Waals surface area contributed by atoms with Gasteiger partial charge in [-0.1, -0.05) is 79.6 Å². The molecule has 3 aromatic carbocycles. The van der Waals surface area contributed by atoms with Crippen LogP contribution in [0.15, 0.2) is 72.8 Å². The number of carbonyl (C=O) groups excluding carboxylic acids is 2. The third-order valence-corrected chi connectivity index (χ3v) is 9.54. The molecular weight excluding hydrogens is 548 g/mol. The molecule has 3 atom stereocenters. The molecule has 1 aliphatic heterocycles. The number of nitrogens with two attached hydrogens (primary N) is 1. The van der Waals surface area contributed by atoms with Crippen LogP contribution in [0.5, 0.6) is 0 Å². The summed E-state index contributed by atoms with van der Waals surface area (Å²) >= 11 is 0. The number of hydrogen-bond donors (Lipinski definition) is 3. The normalized spacial score (nSPS) is 20.1. The van der Waals surface area contributed by atoms with Crippen LogP contribution >= 0.6 is 0 Å². The lowest BCUT2D eigenvalue weighted by Gasteiger charge is -2.36. The van der Waals surface area contributed by atoms with Crippen LogP contribution in [-0.2, 0) is 16.0 Å². The highest BCUT2D eigenvalue weighted by atomic mass is 16.2. The number of H-pyrrole nitrogens is 1. The van der Waals surface area contributed by atoms with E-state index < -0.39 is 11.9 Å². The number of carbonyl (C=O) groups is 2. The van der Waals surface area contributed by atoms with Crippen molar-refractivity contribution in [1.82, 2.24) is 20.2 Å². The minimum Gasteiger partial charge on any atom is -0.368 e. The van der Waals surface area contributed by atoms with Crippen molar-refractivity contribution in [3.05, 3.63) is 95.1 Å². The van der Waals surface area contributed by atoms with Crippen molar-refractivity contribution in [3.63, 3.8) is 0 Å². The largest absolute Gasteiger partial charge is 0.368 e. The highest BCUT2D eigenvalue weighted by Gasteiger charge is 2.34. The molecule has 44 heavy (non-hydrogen) atoms. The Morgan fingerprint density at radius 2 is 1.66 bits per heavy atom. The van der Waals surface area contributed by atoms with Gasteiger partial charge >= 0.3 is 0 Å². The van der Waals surface area contributed by atoms with Crippen molar-refractivity contribution in [3.8, 4) is 0 Å². The molecular formula is C36H44N6O2. The smallest absolute Gasteiger partial charge is 0.244 e. The average molecular weight is 593 g/mol. The van der Waals surface area contributed by atoms with Crippen LogP contribution in [0.2, 0.25) is 0 Å². The Labute approximate surface area is 260 Å². The van der Waals surface area contributed by atoms with Gasteiger partial charge in [0.05, 0.1) is 11.0 Å². The molecule has 2 aliphatic rings. The molecule has 0 radical (unpaired) electrons. The number of nitrogens with zero attached hydrogens (tertiary/aromatic N) is 3. The Balaban J connectivity index is 1.15. The Hall–Kier alpha value is -4.17. The van der Waals surface area contributed by atoms with Gasteiger partial charge in [-0.3, -0.25) is 14.5 Å². The number of aromatic nitrogens is 2. The summed E-state index contributed by atoms with van der Waals surface area (Å²) < 4.78 is 0. The van der Waals surface area contributed by atoms with E-state index in [0.717, 1.165) is 75.3 Å². The molecule has 1 aliphatic carbocycles. The number of hydrogen-bond acceptors (Lipinski definition) is 5. The van der Waals surface area contributed by atoms with Gasteiger partial charge in [0, 0.05) is 38.1 Å². The molecule has 1 saturated carbocycles. The lowest BCUT2D eigenvalue weighted by atomic mass is 9.74. The quantitative estimate of drug-likeness (QED) is 0.245. The Bertz CT molecular complexity index is 1570. The fourth-order valence-corrected chi connectivity index (χ4v) is 6.98. The molecule has 4 aromatic rings. The summed E-state index contributed by atoms with van der Waals surface area (Å²) in [5.74, 6) is 0.222. The van der Waals surface area contributed by atoms with Crippen molar-refractivity contribution in [2.75, 3.05) is 31.1 Å².